The molecule has 0 fully saturated rings. The quantitative estimate of drug-likeness (QED) is 0.731. The molecular formula is C22H19ClN2O2. The zero-order chi connectivity index (χ0) is 18.9. The third kappa shape index (κ3) is 3.28. The highest BCUT2D eigenvalue weighted by molar-refractivity contribution is 6.30. The van der Waals surface area contributed by atoms with Crippen molar-refractivity contribution >= 4 is 23.2 Å². The molecule has 1 heterocycles. The Labute approximate surface area is 163 Å². The summed E-state index contributed by atoms with van der Waals surface area (Å²) < 4.78 is 5.08. The largest absolute Gasteiger partial charge is 0.481 e. The second kappa shape index (κ2) is 7.05. The number of anilines is 1. The predicted molar refractivity (Wildman–Crippen MR) is 106 cm³/mol. The summed E-state index contributed by atoms with van der Waals surface area (Å²) in [5.41, 5.74) is 3.34. The highest BCUT2D eigenvalue weighted by Gasteiger charge is 2.45. The molecular weight excluding hydrogens is 360 g/mol. The molecule has 0 aliphatic heterocycles. The molecule has 0 saturated heterocycles. The van der Waals surface area contributed by atoms with E-state index in [1.54, 1.807) is 25.4 Å². The van der Waals surface area contributed by atoms with Crippen LogP contribution in [0.4, 0.5) is 5.69 Å². The van der Waals surface area contributed by atoms with Gasteiger partial charge in [0.05, 0.1) is 24.4 Å². The topological polar surface area (TPSA) is 51.2 Å². The molecule has 0 unspecified atom stereocenters. The van der Waals surface area contributed by atoms with Crippen LogP contribution >= 0.6 is 11.6 Å². The average molecular weight is 379 g/mol. The number of hydrogen-bond acceptors (Lipinski definition) is 3. The summed E-state index contributed by atoms with van der Waals surface area (Å²) in [7, 11) is 1.56. The first-order valence-electron chi connectivity index (χ1n) is 8.75. The van der Waals surface area contributed by atoms with Gasteiger partial charge >= 0.3 is 0 Å². The molecule has 5 heteroatoms. The van der Waals surface area contributed by atoms with Crippen molar-refractivity contribution < 1.29 is 9.53 Å². The minimum Gasteiger partial charge on any atom is -0.481 e. The Morgan fingerprint density at radius 3 is 2.26 bits per heavy atom. The van der Waals surface area contributed by atoms with Crippen LogP contribution in [0.3, 0.4) is 0 Å². The molecule has 2 aromatic carbocycles. The molecule has 0 bridgehead atoms. The fourth-order valence-corrected chi connectivity index (χ4v) is 3.83. The number of pyridine rings is 1. The Kier molecular flexibility index (Phi) is 4.58. The zero-order valence-corrected chi connectivity index (χ0v) is 15.7. The maximum atomic E-state index is 13.4. The van der Waals surface area contributed by atoms with Crippen molar-refractivity contribution in [3.05, 3.63) is 88.6 Å². The molecule has 0 atom stereocenters. The van der Waals surface area contributed by atoms with Crippen LogP contribution in [0.1, 0.15) is 16.7 Å². The fraction of sp³-hybridized carbons (Fsp3) is 0.182. The minimum atomic E-state index is -0.672. The highest BCUT2D eigenvalue weighted by atomic mass is 35.5. The molecule has 4 nitrogen and oxygen atoms in total. The lowest BCUT2D eigenvalue weighted by Gasteiger charge is -2.28. The third-order valence-corrected chi connectivity index (χ3v) is 5.39. The lowest BCUT2D eigenvalue weighted by atomic mass is 9.76. The van der Waals surface area contributed by atoms with Crippen LogP contribution in [0.2, 0.25) is 5.02 Å². The first-order chi connectivity index (χ1) is 13.1. The van der Waals surface area contributed by atoms with Crippen LogP contribution in [-0.2, 0) is 23.1 Å². The molecule has 3 aromatic rings. The van der Waals surface area contributed by atoms with Gasteiger partial charge < -0.3 is 10.1 Å². The van der Waals surface area contributed by atoms with E-state index in [2.05, 4.69) is 22.4 Å². The monoisotopic (exact) mass is 378 g/mol. The van der Waals surface area contributed by atoms with Crippen molar-refractivity contribution in [3.8, 4) is 5.88 Å². The number of ether oxygens (including phenoxy) is 1. The number of benzene rings is 2. The number of methoxy groups -OCH3 is 1. The first-order valence-corrected chi connectivity index (χ1v) is 9.13. The van der Waals surface area contributed by atoms with Crippen molar-refractivity contribution in [1.82, 2.24) is 4.98 Å². The van der Waals surface area contributed by atoms with Gasteiger partial charge in [0, 0.05) is 11.1 Å². The first kappa shape index (κ1) is 17.6. The number of carbonyl (C=O) groups is 1. The zero-order valence-electron chi connectivity index (χ0n) is 14.9. The number of aromatic nitrogens is 1. The van der Waals surface area contributed by atoms with Crippen molar-refractivity contribution in [1.29, 1.82) is 0 Å². The molecule has 1 aliphatic rings. The van der Waals surface area contributed by atoms with Gasteiger partial charge in [0.25, 0.3) is 0 Å². The summed E-state index contributed by atoms with van der Waals surface area (Å²) in [5.74, 6) is 0.460. The number of carbonyl (C=O) groups excluding carboxylic acids is 1. The number of nitrogens with zero attached hydrogens (tertiary/aromatic N) is 1. The van der Waals surface area contributed by atoms with Gasteiger partial charge in [-0.05, 0) is 47.7 Å². The standard InChI is InChI=1S/C22H19ClN2O2/c1-27-20-11-10-19(14-24-20)25-21(26)22(17-6-8-18(23)9-7-17)12-15-4-2-3-5-16(15)13-22/h2-11,14H,12-13H2,1H3,(H,25,26). The molecule has 27 heavy (non-hydrogen) atoms. The molecule has 4 rings (SSSR count). The van der Waals surface area contributed by atoms with E-state index in [9.17, 15) is 4.79 Å². The van der Waals surface area contributed by atoms with E-state index in [-0.39, 0.29) is 5.91 Å². The van der Waals surface area contributed by atoms with E-state index in [1.165, 1.54) is 11.1 Å². The molecule has 1 aromatic heterocycles. The van der Waals surface area contributed by atoms with Gasteiger partial charge in [0.15, 0.2) is 0 Å². The number of rotatable bonds is 4. The smallest absolute Gasteiger partial charge is 0.235 e. The minimum absolute atomic E-state index is 0.0482. The number of amides is 1. The summed E-state index contributed by atoms with van der Waals surface area (Å²) in [6.07, 6.45) is 2.91. The Bertz CT molecular complexity index is 943. The Morgan fingerprint density at radius 1 is 1.04 bits per heavy atom. The molecule has 0 radical (unpaired) electrons. The molecule has 1 N–H and O–H groups in total. The maximum absolute atomic E-state index is 13.4. The lowest BCUT2D eigenvalue weighted by Crippen LogP contribution is -2.41. The van der Waals surface area contributed by atoms with Crippen LogP contribution in [0.5, 0.6) is 5.88 Å². The van der Waals surface area contributed by atoms with Crippen LogP contribution in [-0.4, -0.2) is 18.0 Å². The Hall–Kier alpha value is -2.85. The van der Waals surface area contributed by atoms with Crippen molar-refractivity contribution in [2.24, 2.45) is 0 Å². The average Bonchev–Trinajstić information content (AvgIpc) is 3.10. The third-order valence-electron chi connectivity index (χ3n) is 5.14. The summed E-state index contributed by atoms with van der Waals surface area (Å²) in [6.45, 7) is 0. The van der Waals surface area contributed by atoms with Gasteiger partial charge in [0.2, 0.25) is 11.8 Å². The molecule has 1 amide bonds. The number of nitrogens with one attached hydrogen (secondary N) is 1. The van der Waals surface area contributed by atoms with Gasteiger partial charge in [-0.25, -0.2) is 4.98 Å². The van der Waals surface area contributed by atoms with Crippen molar-refractivity contribution in [2.75, 3.05) is 12.4 Å². The summed E-state index contributed by atoms with van der Waals surface area (Å²) >= 11 is 6.07. The van der Waals surface area contributed by atoms with E-state index in [1.807, 2.05) is 36.4 Å². The van der Waals surface area contributed by atoms with E-state index in [4.69, 9.17) is 16.3 Å². The molecule has 0 spiro atoms. The summed E-state index contributed by atoms with van der Waals surface area (Å²) in [5, 5.41) is 3.69. The van der Waals surface area contributed by atoms with Crippen LogP contribution in [0.15, 0.2) is 66.9 Å². The summed E-state index contributed by atoms with van der Waals surface area (Å²) in [6, 6.07) is 19.3. The van der Waals surface area contributed by atoms with Crippen LogP contribution in [0.25, 0.3) is 0 Å². The van der Waals surface area contributed by atoms with Crippen molar-refractivity contribution in [2.45, 2.75) is 18.3 Å². The van der Waals surface area contributed by atoms with Crippen LogP contribution < -0.4 is 10.1 Å². The van der Waals surface area contributed by atoms with E-state index in [0.717, 1.165) is 5.56 Å². The Balaban J connectivity index is 1.70. The molecule has 0 saturated carbocycles. The molecule has 136 valence electrons. The predicted octanol–water partition coefficient (Wildman–Crippen LogP) is 4.42. The van der Waals surface area contributed by atoms with Crippen LogP contribution in [0, 0.1) is 0 Å². The van der Waals surface area contributed by atoms with E-state index >= 15 is 0 Å². The number of halogens is 1. The maximum Gasteiger partial charge on any atom is 0.235 e. The summed E-state index contributed by atoms with van der Waals surface area (Å²) in [4.78, 5) is 17.6. The normalized spacial score (nSPS) is 14.4. The van der Waals surface area contributed by atoms with Gasteiger partial charge in [-0.15, -0.1) is 0 Å². The van der Waals surface area contributed by atoms with Crippen molar-refractivity contribution in [3.63, 3.8) is 0 Å². The lowest BCUT2D eigenvalue weighted by molar-refractivity contribution is -0.121. The number of hydrogen-bond donors (Lipinski definition) is 1. The molecule has 1 aliphatic carbocycles. The van der Waals surface area contributed by atoms with E-state index < -0.39 is 5.41 Å². The second-order valence-corrected chi connectivity index (χ2v) is 7.19. The van der Waals surface area contributed by atoms with Gasteiger partial charge in [0.1, 0.15) is 0 Å². The van der Waals surface area contributed by atoms with Gasteiger partial charge in [-0.2, -0.15) is 0 Å². The van der Waals surface area contributed by atoms with Gasteiger partial charge in [-0.3, -0.25) is 4.79 Å². The fourth-order valence-electron chi connectivity index (χ4n) is 3.71. The Morgan fingerprint density at radius 2 is 1.70 bits per heavy atom. The van der Waals surface area contributed by atoms with E-state index in [0.29, 0.717) is 29.4 Å². The highest BCUT2D eigenvalue weighted by Crippen LogP contribution is 2.41. The second-order valence-electron chi connectivity index (χ2n) is 6.75. The SMILES string of the molecule is COc1ccc(NC(=O)C2(c3ccc(Cl)cc3)Cc3ccccc3C2)cn1. The van der Waals surface area contributed by atoms with Gasteiger partial charge in [-0.1, -0.05) is 48.0 Å². The number of fused-ring (bicyclic) bond motifs is 1.